The quantitative estimate of drug-likeness (QED) is 0.851. The largest absolute Gasteiger partial charge is 0.399 e. The Morgan fingerprint density at radius 1 is 1.10 bits per heavy atom. The van der Waals surface area contributed by atoms with Crippen LogP contribution in [0.2, 0.25) is 0 Å². The molecular weight excluding hydrogens is 264 g/mol. The van der Waals surface area contributed by atoms with Gasteiger partial charge in [-0.2, -0.15) is 0 Å². The third-order valence-electron chi connectivity index (χ3n) is 4.60. The number of anilines is 1. The van der Waals surface area contributed by atoms with Crippen molar-refractivity contribution in [2.45, 2.75) is 38.0 Å². The molecule has 4 nitrogen and oxygen atoms in total. The molecule has 0 unspecified atom stereocenters. The predicted octanol–water partition coefficient (Wildman–Crippen LogP) is 2.79. The lowest BCUT2D eigenvalue weighted by Gasteiger charge is -2.28. The average molecular weight is 288 g/mol. The number of nitrogen functional groups attached to an aromatic ring is 1. The first kappa shape index (κ1) is 14.4. The van der Waals surface area contributed by atoms with Gasteiger partial charge in [-0.25, -0.2) is 0 Å². The number of carbonyl (C=O) groups is 1. The molecule has 3 rings (SSSR count). The lowest BCUT2D eigenvalue weighted by Crippen LogP contribution is -2.40. The van der Waals surface area contributed by atoms with Gasteiger partial charge in [-0.3, -0.25) is 4.79 Å². The van der Waals surface area contributed by atoms with Crippen molar-refractivity contribution in [2.75, 3.05) is 32.0 Å². The average Bonchev–Trinajstić information content (AvgIpc) is 2.55. The molecule has 114 valence electrons. The molecule has 1 aromatic carbocycles. The highest BCUT2D eigenvalue weighted by Crippen LogP contribution is 2.34. The fourth-order valence-electron chi connectivity index (χ4n) is 3.42. The Hall–Kier alpha value is -1.55. The molecule has 1 heterocycles. The van der Waals surface area contributed by atoms with E-state index in [-0.39, 0.29) is 5.91 Å². The summed E-state index contributed by atoms with van der Waals surface area (Å²) < 4.78 is 5.31. The van der Waals surface area contributed by atoms with Gasteiger partial charge in [0.2, 0.25) is 0 Å². The second-order valence-corrected chi connectivity index (χ2v) is 6.13. The minimum absolute atomic E-state index is 0.0858. The van der Waals surface area contributed by atoms with E-state index in [1.807, 2.05) is 17.0 Å². The molecule has 0 aromatic heterocycles. The number of hydrogen-bond donors (Lipinski definition) is 1. The minimum Gasteiger partial charge on any atom is -0.399 e. The normalized spacial score (nSPS) is 20.5. The topological polar surface area (TPSA) is 55.6 Å². The Morgan fingerprint density at radius 3 is 2.52 bits per heavy atom. The van der Waals surface area contributed by atoms with Gasteiger partial charge in [0.1, 0.15) is 0 Å². The van der Waals surface area contributed by atoms with Gasteiger partial charge < -0.3 is 15.4 Å². The van der Waals surface area contributed by atoms with Gasteiger partial charge in [-0.05, 0) is 42.5 Å². The highest BCUT2D eigenvalue weighted by Gasteiger charge is 2.21. The number of nitrogens with two attached hydrogens (primary N) is 1. The zero-order chi connectivity index (χ0) is 14.7. The highest BCUT2D eigenvalue weighted by molar-refractivity contribution is 5.95. The van der Waals surface area contributed by atoms with Crippen LogP contribution in [0.4, 0.5) is 5.69 Å². The number of morpholine rings is 1. The third-order valence-corrected chi connectivity index (χ3v) is 4.60. The van der Waals surface area contributed by atoms with Crippen molar-refractivity contribution in [3.05, 3.63) is 29.3 Å². The number of hydrogen-bond acceptors (Lipinski definition) is 3. The number of amides is 1. The Balaban J connectivity index is 1.81. The molecule has 1 aliphatic heterocycles. The van der Waals surface area contributed by atoms with Crippen LogP contribution in [0.3, 0.4) is 0 Å². The molecule has 0 atom stereocenters. The van der Waals surface area contributed by atoms with Crippen molar-refractivity contribution in [3.8, 4) is 0 Å². The summed E-state index contributed by atoms with van der Waals surface area (Å²) in [4.78, 5) is 14.5. The van der Waals surface area contributed by atoms with Gasteiger partial charge >= 0.3 is 0 Å². The maximum absolute atomic E-state index is 12.6. The van der Waals surface area contributed by atoms with Gasteiger partial charge in [0.15, 0.2) is 0 Å². The number of carbonyl (C=O) groups excluding carboxylic acids is 1. The fraction of sp³-hybridized carbons (Fsp3) is 0.588. The molecular formula is C17H24N2O2. The Kier molecular flexibility index (Phi) is 4.44. The molecule has 0 spiro atoms. The number of rotatable bonds is 2. The van der Waals surface area contributed by atoms with Crippen LogP contribution in [0.25, 0.3) is 0 Å². The summed E-state index contributed by atoms with van der Waals surface area (Å²) in [5, 5.41) is 0. The highest BCUT2D eigenvalue weighted by atomic mass is 16.5. The minimum atomic E-state index is 0.0858. The molecule has 1 aliphatic carbocycles. The van der Waals surface area contributed by atoms with E-state index in [4.69, 9.17) is 10.5 Å². The first-order chi connectivity index (χ1) is 10.2. The van der Waals surface area contributed by atoms with Crippen molar-refractivity contribution in [1.29, 1.82) is 0 Å². The molecule has 0 bridgehead atoms. The Bertz CT molecular complexity index is 504. The van der Waals surface area contributed by atoms with Crippen LogP contribution in [0.5, 0.6) is 0 Å². The van der Waals surface area contributed by atoms with E-state index in [9.17, 15) is 4.79 Å². The van der Waals surface area contributed by atoms with Crippen LogP contribution in [0.1, 0.15) is 53.9 Å². The van der Waals surface area contributed by atoms with E-state index in [1.165, 1.54) is 37.7 Å². The SMILES string of the molecule is Nc1cc(C(=O)N2CCOCC2)cc(C2CCCCC2)c1. The maximum atomic E-state index is 12.6. The molecule has 4 heteroatoms. The van der Waals surface area contributed by atoms with Crippen molar-refractivity contribution in [2.24, 2.45) is 0 Å². The number of nitrogens with zero attached hydrogens (tertiary/aromatic N) is 1. The first-order valence-corrected chi connectivity index (χ1v) is 8.01. The van der Waals surface area contributed by atoms with Crippen molar-refractivity contribution >= 4 is 11.6 Å². The van der Waals surface area contributed by atoms with E-state index in [0.717, 1.165) is 5.56 Å². The molecule has 1 saturated heterocycles. The monoisotopic (exact) mass is 288 g/mol. The van der Waals surface area contributed by atoms with Crippen molar-refractivity contribution in [3.63, 3.8) is 0 Å². The second kappa shape index (κ2) is 6.48. The summed E-state index contributed by atoms with van der Waals surface area (Å²) in [6.45, 7) is 2.60. The molecule has 1 amide bonds. The van der Waals surface area contributed by atoms with Crippen LogP contribution in [-0.4, -0.2) is 37.1 Å². The smallest absolute Gasteiger partial charge is 0.254 e. The van der Waals surface area contributed by atoms with E-state index in [0.29, 0.717) is 37.9 Å². The van der Waals surface area contributed by atoms with Gasteiger partial charge in [-0.1, -0.05) is 19.3 Å². The van der Waals surface area contributed by atoms with E-state index in [1.54, 1.807) is 0 Å². The van der Waals surface area contributed by atoms with Crippen LogP contribution in [0.15, 0.2) is 18.2 Å². The molecule has 1 saturated carbocycles. The standard InChI is InChI=1S/C17H24N2O2/c18-16-11-14(13-4-2-1-3-5-13)10-15(12-16)17(20)19-6-8-21-9-7-19/h10-13H,1-9,18H2. The van der Waals surface area contributed by atoms with Gasteiger partial charge in [0, 0.05) is 24.3 Å². The van der Waals surface area contributed by atoms with Gasteiger partial charge in [0.05, 0.1) is 13.2 Å². The van der Waals surface area contributed by atoms with Crippen LogP contribution >= 0.6 is 0 Å². The second-order valence-electron chi connectivity index (χ2n) is 6.13. The molecule has 2 fully saturated rings. The molecule has 0 radical (unpaired) electrons. The molecule has 2 N–H and O–H groups in total. The van der Waals surface area contributed by atoms with E-state index < -0.39 is 0 Å². The Labute approximate surface area is 126 Å². The number of benzene rings is 1. The number of ether oxygens (including phenoxy) is 1. The van der Waals surface area contributed by atoms with Crippen molar-refractivity contribution < 1.29 is 9.53 Å². The van der Waals surface area contributed by atoms with Gasteiger partial charge in [0.25, 0.3) is 5.91 Å². The molecule has 2 aliphatic rings. The van der Waals surface area contributed by atoms with Gasteiger partial charge in [-0.15, -0.1) is 0 Å². The summed E-state index contributed by atoms with van der Waals surface area (Å²) in [6, 6.07) is 5.92. The van der Waals surface area contributed by atoms with E-state index in [2.05, 4.69) is 6.07 Å². The van der Waals surface area contributed by atoms with E-state index >= 15 is 0 Å². The lowest BCUT2D eigenvalue weighted by molar-refractivity contribution is 0.0303. The lowest BCUT2D eigenvalue weighted by atomic mass is 9.83. The maximum Gasteiger partial charge on any atom is 0.254 e. The molecule has 1 aromatic rings. The van der Waals surface area contributed by atoms with Crippen LogP contribution < -0.4 is 5.73 Å². The van der Waals surface area contributed by atoms with Crippen molar-refractivity contribution in [1.82, 2.24) is 4.90 Å². The predicted molar refractivity (Wildman–Crippen MR) is 83.4 cm³/mol. The summed E-state index contributed by atoms with van der Waals surface area (Å²) in [5.74, 6) is 0.654. The van der Waals surface area contributed by atoms with Crippen LogP contribution in [-0.2, 0) is 4.74 Å². The fourth-order valence-corrected chi connectivity index (χ4v) is 3.42. The summed E-state index contributed by atoms with van der Waals surface area (Å²) in [7, 11) is 0. The molecule has 21 heavy (non-hydrogen) atoms. The zero-order valence-corrected chi connectivity index (χ0v) is 12.5. The first-order valence-electron chi connectivity index (χ1n) is 8.01. The summed E-state index contributed by atoms with van der Waals surface area (Å²) >= 11 is 0. The summed E-state index contributed by atoms with van der Waals surface area (Å²) in [5.41, 5.74) is 8.72. The summed E-state index contributed by atoms with van der Waals surface area (Å²) in [6.07, 6.45) is 6.33. The van der Waals surface area contributed by atoms with Crippen LogP contribution in [0, 0.1) is 0 Å². The third kappa shape index (κ3) is 3.38. The zero-order valence-electron chi connectivity index (χ0n) is 12.5. The Morgan fingerprint density at radius 2 is 1.81 bits per heavy atom.